The molecule has 0 nitrogen and oxygen atoms in total. The van der Waals surface area contributed by atoms with E-state index in [1.165, 1.54) is 44.9 Å². The Morgan fingerprint density at radius 3 is 2.47 bits per heavy atom. The van der Waals surface area contributed by atoms with Gasteiger partial charge in [-0.25, -0.2) is 0 Å². The molecule has 100 valence electrons. The highest BCUT2D eigenvalue weighted by atomic mass is 15.0. The van der Waals surface area contributed by atoms with Gasteiger partial charge in [-0.1, -0.05) is 56.5 Å². The summed E-state index contributed by atoms with van der Waals surface area (Å²) >= 11 is 0. The highest BCUT2D eigenvalue weighted by Gasteiger charge is 2.95. The maximum absolute atomic E-state index is 2.65. The van der Waals surface area contributed by atoms with E-state index in [0.29, 0.717) is 10.8 Å². The van der Waals surface area contributed by atoms with Crippen molar-refractivity contribution in [3.63, 3.8) is 0 Å². The van der Waals surface area contributed by atoms with E-state index in [1.54, 1.807) is 5.56 Å². The summed E-state index contributed by atoms with van der Waals surface area (Å²) in [6.45, 7) is 2.65. The molecule has 1 aromatic rings. The molecule has 0 saturated heterocycles. The molecular formula is C19H24. The molecule has 5 atom stereocenters. The monoisotopic (exact) mass is 252 g/mol. The summed E-state index contributed by atoms with van der Waals surface area (Å²) < 4.78 is 0. The van der Waals surface area contributed by atoms with Crippen molar-refractivity contribution in [3.05, 3.63) is 35.9 Å². The number of hydrogen-bond donors (Lipinski definition) is 0. The second-order valence-electron chi connectivity index (χ2n) is 7.83. The van der Waals surface area contributed by atoms with Crippen LogP contribution in [0.1, 0.15) is 57.4 Å². The average Bonchev–Trinajstić information content (AvgIpc) is 2.71. The first kappa shape index (κ1) is 10.9. The molecule has 0 amide bonds. The number of fused-ring (bicyclic) bond motifs is 3. The van der Waals surface area contributed by atoms with Crippen LogP contribution in [0.4, 0.5) is 0 Å². The van der Waals surface area contributed by atoms with Crippen molar-refractivity contribution >= 4 is 0 Å². The third-order valence-corrected chi connectivity index (χ3v) is 7.93. The van der Waals surface area contributed by atoms with Gasteiger partial charge in [0.1, 0.15) is 0 Å². The van der Waals surface area contributed by atoms with E-state index in [4.69, 9.17) is 0 Å². The van der Waals surface area contributed by atoms with Gasteiger partial charge < -0.3 is 0 Å². The minimum Gasteiger partial charge on any atom is -0.0622 e. The molecule has 1 spiro atoms. The van der Waals surface area contributed by atoms with Crippen molar-refractivity contribution in [3.8, 4) is 0 Å². The van der Waals surface area contributed by atoms with Gasteiger partial charge in [0.25, 0.3) is 0 Å². The van der Waals surface area contributed by atoms with E-state index < -0.39 is 0 Å². The smallest absolute Gasteiger partial charge is 0.0108 e. The van der Waals surface area contributed by atoms with Crippen molar-refractivity contribution in [2.45, 2.75) is 57.3 Å². The van der Waals surface area contributed by atoms with Crippen LogP contribution in [0.3, 0.4) is 0 Å². The van der Waals surface area contributed by atoms with Crippen LogP contribution in [0.25, 0.3) is 0 Å². The molecule has 5 rings (SSSR count). The predicted molar refractivity (Wildman–Crippen MR) is 78.0 cm³/mol. The van der Waals surface area contributed by atoms with Crippen molar-refractivity contribution in [2.75, 3.05) is 0 Å². The molecule has 4 aliphatic rings. The van der Waals surface area contributed by atoms with Crippen LogP contribution in [0.5, 0.6) is 0 Å². The standard InChI is InChI=1S/C19H24/c1-17-12-5-6-13-18(17)15-10-7-11-16(15)19(17,18)14-8-3-2-4-9-14/h2-4,8-9,15-16H,5-7,10-13H2,1H3/t15-,16+,17+,18+,19+/m0/s1. The van der Waals surface area contributed by atoms with Crippen LogP contribution in [0.15, 0.2) is 30.3 Å². The summed E-state index contributed by atoms with van der Waals surface area (Å²) in [6.07, 6.45) is 10.5. The lowest BCUT2D eigenvalue weighted by atomic mass is 9.54. The maximum atomic E-state index is 2.65. The molecule has 0 radical (unpaired) electrons. The molecular weight excluding hydrogens is 228 g/mol. The van der Waals surface area contributed by atoms with Gasteiger partial charge in [0.05, 0.1) is 0 Å². The Kier molecular flexibility index (Phi) is 1.79. The van der Waals surface area contributed by atoms with Crippen LogP contribution >= 0.6 is 0 Å². The second kappa shape index (κ2) is 3.10. The third kappa shape index (κ3) is 0.833. The number of hydrogen-bond acceptors (Lipinski definition) is 0. The van der Waals surface area contributed by atoms with Crippen LogP contribution in [0, 0.1) is 22.7 Å². The maximum Gasteiger partial charge on any atom is 0.0108 e. The van der Waals surface area contributed by atoms with Gasteiger partial charge >= 0.3 is 0 Å². The van der Waals surface area contributed by atoms with Crippen LogP contribution in [-0.2, 0) is 5.41 Å². The minimum absolute atomic E-state index is 0.596. The fraction of sp³-hybridized carbons (Fsp3) is 0.684. The highest BCUT2D eigenvalue weighted by Crippen LogP contribution is 2.98. The summed E-state index contributed by atoms with van der Waals surface area (Å²) in [5.74, 6) is 2.11. The Bertz CT molecular complexity index is 532. The summed E-state index contributed by atoms with van der Waals surface area (Å²) in [6, 6.07) is 11.6. The normalized spacial score (nSPS) is 53.7. The Morgan fingerprint density at radius 1 is 0.895 bits per heavy atom. The van der Waals surface area contributed by atoms with Gasteiger partial charge in [-0.15, -0.1) is 0 Å². The topological polar surface area (TPSA) is 0 Å². The van der Waals surface area contributed by atoms with Crippen LogP contribution in [-0.4, -0.2) is 0 Å². The lowest BCUT2D eigenvalue weighted by Crippen LogP contribution is -2.46. The quantitative estimate of drug-likeness (QED) is 0.664. The number of rotatable bonds is 1. The fourth-order valence-electron chi connectivity index (χ4n) is 7.80. The Labute approximate surface area is 116 Å². The number of benzene rings is 1. The Hall–Kier alpha value is -0.780. The van der Waals surface area contributed by atoms with E-state index in [0.717, 1.165) is 17.3 Å². The van der Waals surface area contributed by atoms with Gasteiger partial charge in [-0.3, -0.25) is 0 Å². The molecule has 0 heterocycles. The van der Waals surface area contributed by atoms with Crippen molar-refractivity contribution in [2.24, 2.45) is 22.7 Å². The lowest BCUT2D eigenvalue weighted by molar-refractivity contribution is 0.0412. The fourth-order valence-corrected chi connectivity index (χ4v) is 7.80. The van der Waals surface area contributed by atoms with Gasteiger partial charge in [0.2, 0.25) is 0 Å². The van der Waals surface area contributed by atoms with E-state index in [1.807, 2.05) is 0 Å². The van der Waals surface area contributed by atoms with E-state index in [9.17, 15) is 0 Å². The zero-order valence-corrected chi connectivity index (χ0v) is 12.0. The van der Waals surface area contributed by atoms with Gasteiger partial charge in [0, 0.05) is 5.41 Å². The van der Waals surface area contributed by atoms with E-state index in [2.05, 4.69) is 37.3 Å². The second-order valence-corrected chi connectivity index (χ2v) is 7.83. The van der Waals surface area contributed by atoms with E-state index >= 15 is 0 Å². The van der Waals surface area contributed by atoms with Crippen LogP contribution in [0.2, 0.25) is 0 Å². The minimum atomic E-state index is 0.596. The van der Waals surface area contributed by atoms with Crippen molar-refractivity contribution in [1.29, 1.82) is 0 Å². The Morgan fingerprint density at radius 2 is 1.63 bits per heavy atom. The molecule has 19 heavy (non-hydrogen) atoms. The summed E-state index contributed by atoms with van der Waals surface area (Å²) in [5.41, 5.74) is 3.66. The average molecular weight is 252 g/mol. The summed E-state index contributed by atoms with van der Waals surface area (Å²) in [4.78, 5) is 0. The van der Waals surface area contributed by atoms with Crippen molar-refractivity contribution in [1.82, 2.24) is 0 Å². The molecule has 4 aliphatic carbocycles. The predicted octanol–water partition coefficient (Wildman–Crippen LogP) is 4.93. The zero-order valence-electron chi connectivity index (χ0n) is 12.0. The highest BCUT2D eigenvalue weighted by molar-refractivity contribution is 5.55. The molecule has 0 aliphatic heterocycles. The van der Waals surface area contributed by atoms with Crippen molar-refractivity contribution < 1.29 is 0 Å². The molecule has 4 saturated carbocycles. The molecule has 0 unspecified atom stereocenters. The molecule has 4 fully saturated rings. The van der Waals surface area contributed by atoms with E-state index in [-0.39, 0.29) is 0 Å². The van der Waals surface area contributed by atoms with Gasteiger partial charge in [-0.05, 0) is 53.9 Å². The third-order valence-electron chi connectivity index (χ3n) is 7.93. The summed E-state index contributed by atoms with van der Waals surface area (Å²) in [7, 11) is 0. The SMILES string of the molecule is C[C@@]12CCCC[C@@]13[C@H]1CCC[C@H]1[C@]23c1ccccc1. The molecule has 0 heteroatoms. The first-order chi connectivity index (χ1) is 9.29. The molecule has 1 aromatic carbocycles. The summed E-state index contributed by atoms with van der Waals surface area (Å²) in [5, 5.41) is 0. The molecule has 0 N–H and O–H groups in total. The molecule has 0 bridgehead atoms. The zero-order chi connectivity index (χ0) is 12.7. The van der Waals surface area contributed by atoms with Crippen LogP contribution < -0.4 is 0 Å². The molecule has 0 aromatic heterocycles. The first-order valence-corrected chi connectivity index (χ1v) is 8.34. The Balaban J connectivity index is 1.72. The largest absolute Gasteiger partial charge is 0.0622 e. The first-order valence-electron chi connectivity index (χ1n) is 8.34. The van der Waals surface area contributed by atoms with Gasteiger partial charge in [-0.2, -0.15) is 0 Å². The lowest BCUT2D eigenvalue weighted by Gasteiger charge is -2.49. The van der Waals surface area contributed by atoms with Gasteiger partial charge in [0.15, 0.2) is 0 Å².